The van der Waals surface area contributed by atoms with Gasteiger partial charge in [0.15, 0.2) is 5.82 Å². The molecule has 0 saturated heterocycles. The number of aliphatic hydroxyl groups excluding tert-OH is 1. The van der Waals surface area contributed by atoms with Crippen molar-refractivity contribution in [2.45, 2.75) is 6.10 Å². The first-order valence-corrected chi connectivity index (χ1v) is 3.19. The van der Waals surface area contributed by atoms with E-state index in [1.54, 1.807) is 7.05 Å². The smallest absolute Gasteiger partial charge is 0.218 e. The van der Waals surface area contributed by atoms with Crippen molar-refractivity contribution in [1.82, 2.24) is 14.8 Å². The van der Waals surface area contributed by atoms with Crippen LogP contribution in [0.15, 0.2) is 0 Å². The lowest BCUT2D eigenvalue weighted by Crippen LogP contribution is -2.13. The molecular formula is C5H11N5O. The number of nitrogens with two attached hydrogens (primary N) is 2. The second kappa shape index (κ2) is 2.85. The summed E-state index contributed by atoms with van der Waals surface area (Å²) in [6.07, 6.45) is -0.821. The fourth-order valence-corrected chi connectivity index (χ4v) is 0.664. The number of hydrogen-bond donors (Lipinski definition) is 3. The molecule has 11 heavy (non-hydrogen) atoms. The first kappa shape index (κ1) is 7.96. The van der Waals surface area contributed by atoms with Crippen LogP contribution >= 0.6 is 0 Å². The van der Waals surface area contributed by atoms with E-state index in [0.717, 1.165) is 0 Å². The zero-order valence-electron chi connectivity index (χ0n) is 6.23. The molecule has 1 aromatic heterocycles. The molecule has 0 aliphatic carbocycles. The second-order valence-corrected chi connectivity index (χ2v) is 2.20. The van der Waals surface area contributed by atoms with Crippen LogP contribution in [-0.2, 0) is 7.05 Å². The number of aliphatic hydroxyl groups is 1. The molecule has 6 nitrogen and oxygen atoms in total. The van der Waals surface area contributed by atoms with Gasteiger partial charge in [-0.3, -0.25) is 0 Å². The Bertz CT molecular complexity index is 226. The van der Waals surface area contributed by atoms with Gasteiger partial charge < -0.3 is 16.6 Å². The molecule has 1 rings (SSSR count). The summed E-state index contributed by atoms with van der Waals surface area (Å²) in [5.41, 5.74) is 10.6. The van der Waals surface area contributed by atoms with Gasteiger partial charge in [0.1, 0.15) is 6.10 Å². The summed E-state index contributed by atoms with van der Waals surface area (Å²) in [7, 11) is 1.65. The van der Waals surface area contributed by atoms with Gasteiger partial charge in [0.25, 0.3) is 0 Å². The summed E-state index contributed by atoms with van der Waals surface area (Å²) in [5.74, 6) is 0.542. The highest BCUT2D eigenvalue weighted by Crippen LogP contribution is 2.06. The Balaban J connectivity index is 2.88. The zero-order chi connectivity index (χ0) is 8.43. The lowest BCUT2D eigenvalue weighted by molar-refractivity contribution is 0.176. The van der Waals surface area contributed by atoms with Gasteiger partial charge in [-0.1, -0.05) is 0 Å². The molecule has 0 aliphatic rings. The molecule has 0 amide bonds. The van der Waals surface area contributed by atoms with Crippen molar-refractivity contribution in [2.24, 2.45) is 12.8 Å². The van der Waals surface area contributed by atoms with Gasteiger partial charge in [0.05, 0.1) is 0 Å². The normalized spacial score (nSPS) is 13.4. The third kappa shape index (κ3) is 1.47. The molecule has 0 spiro atoms. The van der Waals surface area contributed by atoms with Gasteiger partial charge in [-0.05, 0) is 0 Å². The van der Waals surface area contributed by atoms with Crippen molar-refractivity contribution in [3.63, 3.8) is 0 Å². The molecule has 1 unspecified atom stereocenters. The van der Waals surface area contributed by atoms with Crippen LogP contribution in [0.4, 0.5) is 5.95 Å². The van der Waals surface area contributed by atoms with Gasteiger partial charge in [-0.2, -0.15) is 10.1 Å². The van der Waals surface area contributed by atoms with Gasteiger partial charge in [-0.15, -0.1) is 0 Å². The highest BCUT2D eigenvalue weighted by Gasteiger charge is 2.11. The molecule has 1 heterocycles. The van der Waals surface area contributed by atoms with Gasteiger partial charge in [0.2, 0.25) is 5.95 Å². The Kier molecular flexibility index (Phi) is 2.06. The fourth-order valence-electron chi connectivity index (χ4n) is 0.664. The number of hydrogen-bond acceptors (Lipinski definition) is 5. The van der Waals surface area contributed by atoms with Crippen LogP contribution in [0, 0.1) is 0 Å². The van der Waals surface area contributed by atoms with Crippen LogP contribution in [0.1, 0.15) is 11.9 Å². The largest absolute Gasteiger partial charge is 0.384 e. The topological polar surface area (TPSA) is 103 Å². The van der Waals surface area contributed by atoms with Gasteiger partial charge in [-0.25, -0.2) is 4.68 Å². The fraction of sp³-hybridized carbons (Fsp3) is 0.600. The summed E-state index contributed by atoms with van der Waals surface area (Å²) in [4.78, 5) is 3.78. The van der Waals surface area contributed by atoms with E-state index < -0.39 is 6.10 Å². The van der Waals surface area contributed by atoms with E-state index >= 15 is 0 Å². The maximum atomic E-state index is 9.15. The lowest BCUT2D eigenvalue weighted by atomic mass is 10.3. The Labute approximate surface area is 63.8 Å². The maximum absolute atomic E-state index is 9.15. The van der Waals surface area contributed by atoms with E-state index in [1.807, 2.05) is 0 Å². The predicted molar refractivity (Wildman–Crippen MR) is 39.4 cm³/mol. The average molecular weight is 157 g/mol. The first-order valence-electron chi connectivity index (χ1n) is 3.19. The number of rotatable bonds is 2. The second-order valence-electron chi connectivity index (χ2n) is 2.20. The SMILES string of the molecule is Cn1nc(C(O)CN)nc1N. The summed E-state index contributed by atoms with van der Waals surface area (Å²) in [6.45, 7) is 0.101. The third-order valence-electron chi connectivity index (χ3n) is 1.33. The molecule has 6 heteroatoms. The molecule has 0 fully saturated rings. The summed E-state index contributed by atoms with van der Waals surface area (Å²) in [6, 6.07) is 0. The van der Waals surface area contributed by atoms with Crippen molar-refractivity contribution in [2.75, 3.05) is 12.3 Å². The number of nitrogen functional groups attached to an aromatic ring is 1. The summed E-state index contributed by atoms with van der Waals surface area (Å²) < 4.78 is 1.38. The molecule has 0 saturated carbocycles. The van der Waals surface area contributed by atoms with Crippen LogP contribution in [0.25, 0.3) is 0 Å². The summed E-state index contributed by atoms with van der Waals surface area (Å²) >= 11 is 0. The van der Waals surface area contributed by atoms with Gasteiger partial charge >= 0.3 is 0 Å². The number of anilines is 1. The Hall–Kier alpha value is -1.14. The van der Waals surface area contributed by atoms with Crippen molar-refractivity contribution in [3.8, 4) is 0 Å². The molecule has 5 N–H and O–H groups in total. The zero-order valence-corrected chi connectivity index (χ0v) is 6.23. The van der Waals surface area contributed by atoms with Crippen LogP contribution in [0.2, 0.25) is 0 Å². The van der Waals surface area contributed by atoms with E-state index in [4.69, 9.17) is 16.6 Å². The minimum absolute atomic E-state index is 0.101. The monoisotopic (exact) mass is 157 g/mol. The van der Waals surface area contributed by atoms with E-state index in [0.29, 0.717) is 0 Å². The average Bonchev–Trinajstić information content (AvgIpc) is 2.31. The molecule has 62 valence electrons. The molecular weight excluding hydrogens is 146 g/mol. The number of nitrogens with zero attached hydrogens (tertiary/aromatic N) is 3. The third-order valence-corrected chi connectivity index (χ3v) is 1.33. The predicted octanol–water partition coefficient (Wildman–Crippen LogP) is -1.61. The van der Waals surface area contributed by atoms with Crippen LogP contribution in [-0.4, -0.2) is 26.4 Å². The first-order chi connectivity index (χ1) is 5.15. The Morgan fingerprint density at radius 2 is 2.36 bits per heavy atom. The highest BCUT2D eigenvalue weighted by molar-refractivity contribution is 5.16. The van der Waals surface area contributed by atoms with E-state index in [2.05, 4.69) is 10.1 Å². The van der Waals surface area contributed by atoms with Crippen molar-refractivity contribution in [1.29, 1.82) is 0 Å². The maximum Gasteiger partial charge on any atom is 0.218 e. The van der Waals surface area contributed by atoms with Gasteiger partial charge in [0, 0.05) is 13.6 Å². The van der Waals surface area contributed by atoms with E-state index in [1.165, 1.54) is 4.68 Å². The Morgan fingerprint density at radius 3 is 2.73 bits per heavy atom. The lowest BCUT2D eigenvalue weighted by Gasteiger charge is -1.99. The highest BCUT2D eigenvalue weighted by atomic mass is 16.3. The van der Waals surface area contributed by atoms with E-state index in [-0.39, 0.29) is 18.3 Å². The Morgan fingerprint density at radius 1 is 1.73 bits per heavy atom. The van der Waals surface area contributed by atoms with Crippen molar-refractivity contribution < 1.29 is 5.11 Å². The molecule has 0 aromatic carbocycles. The quantitative estimate of drug-likeness (QED) is 0.479. The minimum atomic E-state index is -0.821. The van der Waals surface area contributed by atoms with Crippen LogP contribution < -0.4 is 11.5 Å². The summed E-state index contributed by atoms with van der Waals surface area (Å²) in [5, 5.41) is 13.0. The van der Waals surface area contributed by atoms with Crippen molar-refractivity contribution in [3.05, 3.63) is 5.82 Å². The number of aryl methyl sites for hydroxylation is 1. The van der Waals surface area contributed by atoms with Crippen LogP contribution in [0.3, 0.4) is 0 Å². The van der Waals surface area contributed by atoms with Crippen LogP contribution in [0.5, 0.6) is 0 Å². The molecule has 1 atom stereocenters. The standard InChI is InChI=1S/C5H11N5O/c1-10-5(7)8-4(9-10)3(11)2-6/h3,11H,2,6H2,1H3,(H2,7,8,9). The van der Waals surface area contributed by atoms with Crippen molar-refractivity contribution >= 4 is 5.95 Å². The number of aromatic nitrogens is 3. The van der Waals surface area contributed by atoms with E-state index in [9.17, 15) is 0 Å². The molecule has 1 aromatic rings. The minimum Gasteiger partial charge on any atom is -0.384 e. The molecule has 0 radical (unpaired) electrons. The molecule has 0 aliphatic heterocycles. The molecule has 0 bridgehead atoms.